The van der Waals surface area contributed by atoms with Crippen LogP contribution in [0, 0.1) is 5.92 Å². The highest BCUT2D eigenvalue weighted by Crippen LogP contribution is 2.44. The second-order valence-corrected chi connectivity index (χ2v) is 10.4. The number of alkyl halides is 6. The smallest absolute Gasteiger partial charge is 0.406 e. The van der Waals surface area contributed by atoms with Crippen molar-refractivity contribution >= 4 is 15.7 Å². The minimum atomic E-state index is -4.96. The summed E-state index contributed by atoms with van der Waals surface area (Å²) in [6, 6.07) is 5.12. The Hall–Kier alpha value is -2.57. The van der Waals surface area contributed by atoms with E-state index in [-0.39, 0.29) is 22.7 Å². The van der Waals surface area contributed by atoms with Crippen LogP contribution in [0.2, 0.25) is 0 Å². The molecule has 32 heavy (non-hydrogen) atoms. The van der Waals surface area contributed by atoms with Gasteiger partial charge in [0.1, 0.15) is 11.6 Å². The van der Waals surface area contributed by atoms with Crippen molar-refractivity contribution in [1.82, 2.24) is 9.97 Å². The Morgan fingerprint density at radius 2 is 1.72 bits per heavy atom. The number of aromatic nitrogens is 2. The summed E-state index contributed by atoms with van der Waals surface area (Å²) in [4.78, 5) is 6.28. The molecule has 0 saturated heterocycles. The number of nitrogens with one attached hydrogen (secondary N) is 1. The van der Waals surface area contributed by atoms with E-state index in [9.17, 15) is 34.8 Å². The van der Waals surface area contributed by atoms with Crippen LogP contribution in [-0.2, 0) is 16.0 Å². The van der Waals surface area contributed by atoms with Crippen LogP contribution >= 0.6 is 0 Å². The van der Waals surface area contributed by atoms with Crippen molar-refractivity contribution in [2.45, 2.75) is 54.9 Å². The summed E-state index contributed by atoms with van der Waals surface area (Å²) in [5.41, 5.74) is 0. The number of anilines is 1. The topological polar surface area (TPSA) is 81.2 Å². The van der Waals surface area contributed by atoms with E-state index in [0.29, 0.717) is 12.8 Å². The van der Waals surface area contributed by atoms with Crippen LogP contribution in [0.3, 0.4) is 0 Å². The van der Waals surface area contributed by atoms with Crippen molar-refractivity contribution in [1.29, 1.82) is 0 Å². The molecule has 6 nitrogen and oxygen atoms in total. The van der Waals surface area contributed by atoms with Crippen LogP contribution in [0.25, 0.3) is 0 Å². The molecule has 0 spiro atoms. The molecule has 1 aromatic carbocycles. The van der Waals surface area contributed by atoms with Crippen molar-refractivity contribution in [3.05, 3.63) is 42.4 Å². The molecular weight excluding hydrogens is 464 g/mol. The van der Waals surface area contributed by atoms with E-state index < -0.39 is 38.7 Å². The summed E-state index contributed by atoms with van der Waals surface area (Å²) < 4.78 is 104. The van der Waals surface area contributed by atoms with Gasteiger partial charge in [0.05, 0.1) is 9.64 Å². The average Bonchev–Trinajstić information content (AvgIpc) is 2.62. The molecule has 1 fully saturated rings. The van der Waals surface area contributed by atoms with Crippen LogP contribution in [-0.4, -0.2) is 35.5 Å². The maximum atomic E-state index is 13.1. The predicted molar refractivity (Wildman–Crippen MR) is 102 cm³/mol. The first kappa shape index (κ1) is 24.1. The van der Waals surface area contributed by atoms with Gasteiger partial charge in [-0.25, -0.2) is 18.4 Å². The third-order valence-corrected chi connectivity index (χ3v) is 8.02. The van der Waals surface area contributed by atoms with Crippen LogP contribution in [0.4, 0.5) is 32.2 Å². The highest BCUT2D eigenvalue weighted by molar-refractivity contribution is 7.92. The fraction of sp³-hybridized carbons (Fsp3) is 0.474. The lowest BCUT2D eigenvalue weighted by Gasteiger charge is -2.45. The third-order valence-electron chi connectivity index (χ3n) is 5.42. The van der Waals surface area contributed by atoms with Gasteiger partial charge >= 0.3 is 12.5 Å². The van der Waals surface area contributed by atoms with Gasteiger partial charge in [-0.15, -0.1) is 13.2 Å². The molecule has 0 unspecified atom stereocenters. The summed E-state index contributed by atoms with van der Waals surface area (Å²) in [5.74, 6) is -2.36. The monoisotopic (exact) mass is 483 g/mol. The Morgan fingerprint density at radius 3 is 2.31 bits per heavy atom. The van der Waals surface area contributed by atoms with Gasteiger partial charge in [-0.05, 0) is 56.9 Å². The maximum absolute atomic E-state index is 13.1. The highest BCUT2D eigenvalue weighted by atomic mass is 32.2. The second-order valence-electron chi connectivity index (χ2n) is 7.90. The van der Waals surface area contributed by atoms with Gasteiger partial charge in [0.25, 0.3) is 0 Å². The molecule has 1 aliphatic rings. The molecule has 13 heteroatoms. The predicted octanol–water partition coefficient (Wildman–Crippen LogP) is 4.84. The third kappa shape index (κ3) is 5.08. The lowest BCUT2D eigenvalue weighted by molar-refractivity contribution is -0.274. The van der Waals surface area contributed by atoms with Gasteiger partial charge in [-0.1, -0.05) is 6.07 Å². The minimum Gasteiger partial charge on any atom is -0.406 e. The van der Waals surface area contributed by atoms with Gasteiger partial charge in [0.15, 0.2) is 9.84 Å². The Balaban J connectivity index is 1.70. The number of nitrogens with zero attached hydrogens (tertiary/aromatic N) is 2. The van der Waals surface area contributed by atoms with Crippen LogP contribution in [0.5, 0.6) is 5.75 Å². The van der Waals surface area contributed by atoms with E-state index in [1.54, 1.807) is 0 Å². The van der Waals surface area contributed by atoms with E-state index in [4.69, 9.17) is 0 Å². The Kier molecular flexibility index (Phi) is 6.09. The van der Waals surface area contributed by atoms with Gasteiger partial charge in [0, 0.05) is 12.2 Å². The van der Waals surface area contributed by atoms with E-state index in [1.807, 2.05) is 0 Å². The number of halogens is 6. The van der Waals surface area contributed by atoms with Crippen molar-refractivity contribution in [2.75, 3.05) is 5.32 Å². The Bertz CT molecular complexity index is 1080. The van der Waals surface area contributed by atoms with Crippen LogP contribution in [0.1, 0.15) is 32.5 Å². The molecule has 1 N–H and O–H groups in total. The molecule has 0 bridgehead atoms. The summed E-state index contributed by atoms with van der Waals surface area (Å²) in [6.45, 7) is 2.93. The van der Waals surface area contributed by atoms with E-state index in [2.05, 4.69) is 20.0 Å². The lowest BCUT2D eigenvalue weighted by atomic mass is 9.73. The van der Waals surface area contributed by atoms with Crippen LogP contribution in [0.15, 0.2) is 41.4 Å². The SMILES string of the molecule is CC(C)(C1CC(Nc2ccnc(C(F)(F)F)n2)C1)S(=O)(=O)c1cccc(OC(F)(F)F)c1. The standard InChI is InChI=1S/C19H19F6N3O3S/c1-17(2,32(29,30)14-5-3-4-13(10-14)31-19(23,24)25)11-8-12(9-11)27-15-6-7-26-16(28-15)18(20,21)22/h3-7,10-12H,8-9H2,1-2H3,(H,26,27,28). The molecule has 0 aliphatic heterocycles. The quantitative estimate of drug-likeness (QED) is 0.593. The van der Waals surface area contributed by atoms with Gasteiger partial charge in [-0.2, -0.15) is 13.2 Å². The number of ether oxygens (including phenoxy) is 1. The number of benzene rings is 1. The summed E-state index contributed by atoms with van der Waals surface area (Å²) in [5, 5.41) is 2.83. The lowest BCUT2D eigenvalue weighted by Crippen LogP contribution is -2.50. The summed E-state index contributed by atoms with van der Waals surface area (Å²) >= 11 is 0. The fourth-order valence-corrected chi connectivity index (χ4v) is 5.22. The van der Waals surface area contributed by atoms with Crippen molar-refractivity contribution in [3.63, 3.8) is 0 Å². The first-order valence-corrected chi connectivity index (χ1v) is 10.8. The number of hydrogen-bond acceptors (Lipinski definition) is 6. The van der Waals surface area contributed by atoms with E-state index in [1.165, 1.54) is 26.0 Å². The molecular formula is C19H19F6N3O3S. The summed E-state index contributed by atoms with van der Waals surface area (Å²) in [6.07, 6.45) is -8.05. The number of sulfone groups is 1. The molecule has 0 radical (unpaired) electrons. The van der Waals surface area contributed by atoms with Crippen molar-refractivity contribution in [2.24, 2.45) is 5.92 Å². The normalized spacial score (nSPS) is 19.9. The van der Waals surface area contributed by atoms with Gasteiger partial charge in [-0.3, -0.25) is 0 Å². The van der Waals surface area contributed by atoms with E-state index >= 15 is 0 Å². The largest absolute Gasteiger partial charge is 0.573 e. The Labute approximate surface area is 179 Å². The van der Waals surface area contributed by atoms with Crippen molar-refractivity contribution < 1.29 is 39.5 Å². The molecule has 0 atom stereocenters. The molecule has 0 amide bonds. The molecule has 1 aliphatic carbocycles. The van der Waals surface area contributed by atoms with E-state index in [0.717, 1.165) is 24.4 Å². The molecule has 1 saturated carbocycles. The highest BCUT2D eigenvalue weighted by Gasteiger charge is 2.49. The van der Waals surface area contributed by atoms with Gasteiger partial charge in [0.2, 0.25) is 5.82 Å². The molecule has 176 valence electrons. The molecule has 3 rings (SSSR count). The molecule has 2 aromatic rings. The minimum absolute atomic E-state index is 0.0339. The first-order valence-electron chi connectivity index (χ1n) is 9.37. The Morgan fingerprint density at radius 1 is 1.06 bits per heavy atom. The zero-order valence-corrected chi connectivity index (χ0v) is 17.6. The number of hydrogen-bond donors (Lipinski definition) is 1. The maximum Gasteiger partial charge on any atom is 0.573 e. The molecule has 1 heterocycles. The second kappa shape index (κ2) is 8.09. The average molecular weight is 483 g/mol. The zero-order chi connectivity index (χ0) is 23.9. The van der Waals surface area contributed by atoms with Crippen molar-refractivity contribution in [3.8, 4) is 5.75 Å². The first-order chi connectivity index (χ1) is 14.6. The fourth-order valence-electron chi connectivity index (χ4n) is 3.45. The molecule has 1 aromatic heterocycles. The summed E-state index contributed by atoms with van der Waals surface area (Å²) in [7, 11) is -4.05. The van der Waals surface area contributed by atoms with Gasteiger partial charge < -0.3 is 10.1 Å². The van der Waals surface area contributed by atoms with Crippen LogP contribution < -0.4 is 10.1 Å². The zero-order valence-electron chi connectivity index (χ0n) is 16.8. The number of rotatable bonds is 6.